The van der Waals surface area contributed by atoms with Crippen LogP contribution in [0.15, 0.2) is 23.4 Å². The van der Waals surface area contributed by atoms with Gasteiger partial charge in [-0.05, 0) is 24.3 Å². The zero-order valence-electron chi connectivity index (χ0n) is 9.86. The molecule has 0 unspecified atom stereocenters. The SMILES string of the molecule is C=C(C)/C(=C(\NC)C(C)C)C(C)C. The Labute approximate surface area is 82.9 Å². The van der Waals surface area contributed by atoms with E-state index in [0.717, 1.165) is 0 Å². The summed E-state index contributed by atoms with van der Waals surface area (Å²) in [4.78, 5) is 0. The molecule has 0 saturated carbocycles. The molecule has 1 N–H and O–H groups in total. The number of hydrogen-bond donors (Lipinski definition) is 1. The summed E-state index contributed by atoms with van der Waals surface area (Å²) in [5.74, 6) is 1.08. The maximum absolute atomic E-state index is 4.03. The highest BCUT2D eigenvalue weighted by molar-refractivity contribution is 5.33. The van der Waals surface area contributed by atoms with Crippen LogP contribution in [0.25, 0.3) is 0 Å². The van der Waals surface area contributed by atoms with Gasteiger partial charge >= 0.3 is 0 Å². The predicted molar refractivity (Wildman–Crippen MR) is 60.6 cm³/mol. The Balaban J connectivity index is 5.14. The van der Waals surface area contributed by atoms with E-state index in [9.17, 15) is 0 Å². The minimum Gasteiger partial charge on any atom is -0.391 e. The van der Waals surface area contributed by atoms with E-state index in [1.807, 2.05) is 7.05 Å². The second-order valence-corrected chi connectivity index (χ2v) is 4.17. The van der Waals surface area contributed by atoms with Gasteiger partial charge in [-0.1, -0.05) is 39.8 Å². The maximum atomic E-state index is 4.03. The Morgan fingerprint density at radius 1 is 1.08 bits per heavy atom. The molecule has 0 aliphatic heterocycles. The van der Waals surface area contributed by atoms with E-state index in [2.05, 4.69) is 46.5 Å². The van der Waals surface area contributed by atoms with E-state index < -0.39 is 0 Å². The predicted octanol–water partition coefficient (Wildman–Crippen LogP) is 3.35. The van der Waals surface area contributed by atoms with Crippen molar-refractivity contribution >= 4 is 0 Å². The smallest absolute Gasteiger partial charge is 0.0168 e. The van der Waals surface area contributed by atoms with Crippen molar-refractivity contribution in [3.8, 4) is 0 Å². The van der Waals surface area contributed by atoms with Crippen LogP contribution >= 0.6 is 0 Å². The fourth-order valence-electron chi connectivity index (χ4n) is 1.77. The molecule has 76 valence electrons. The fourth-order valence-corrected chi connectivity index (χ4v) is 1.77. The molecule has 0 saturated heterocycles. The summed E-state index contributed by atoms with van der Waals surface area (Å²) in [7, 11) is 1.99. The van der Waals surface area contributed by atoms with Gasteiger partial charge in [0.2, 0.25) is 0 Å². The van der Waals surface area contributed by atoms with Crippen molar-refractivity contribution in [1.29, 1.82) is 0 Å². The Kier molecular flexibility index (Phi) is 4.82. The van der Waals surface area contributed by atoms with Gasteiger partial charge in [0.1, 0.15) is 0 Å². The maximum Gasteiger partial charge on any atom is 0.0168 e. The number of allylic oxidation sites excluding steroid dienone is 3. The quantitative estimate of drug-likeness (QED) is 0.656. The van der Waals surface area contributed by atoms with Crippen molar-refractivity contribution in [2.75, 3.05) is 7.05 Å². The average molecular weight is 181 g/mol. The van der Waals surface area contributed by atoms with Crippen LogP contribution < -0.4 is 5.32 Å². The first-order valence-electron chi connectivity index (χ1n) is 4.99. The highest BCUT2D eigenvalue weighted by atomic mass is 14.8. The molecule has 0 heterocycles. The molecule has 0 atom stereocenters. The van der Waals surface area contributed by atoms with Gasteiger partial charge in [0.05, 0.1) is 0 Å². The first kappa shape index (κ1) is 12.3. The molecular weight excluding hydrogens is 158 g/mol. The fraction of sp³-hybridized carbons (Fsp3) is 0.667. The highest BCUT2D eigenvalue weighted by Crippen LogP contribution is 2.24. The van der Waals surface area contributed by atoms with Gasteiger partial charge in [-0.3, -0.25) is 0 Å². The van der Waals surface area contributed by atoms with Crippen molar-refractivity contribution in [2.45, 2.75) is 34.6 Å². The van der Waals surface area contributed by atoms with Crippen LogP contribution in [0.5, 0.6) is 0 Å². The zero-order valence-corrected chi connectivity index (χ0v) is 9.86. The lowest BCUT2D eigenvalue weighted by Crippen LogP contribution is -2.17. The van der Waals surface area contributed by atoms with Crippen LogP contribution in [0.2, 0.25) is 0 Å². The molecule has 1 heteroatoms. The first-order valence-corrected chi connectivity index (χ1v) is 4.99. The summed E-state index contributed by atoms with van der Waals surface area (Å²) in [5.41, 5.74) is 3.87. The minimum absolute atomic E-state index is 0.541. The van der Waals surface area contributed by atoms with Crippen LogP contribution in [0.4, 0.5) is 0 Å². The Hall–Kier alpha value is -0.720. The lowest BCUT2D eigenvalue weighted by molar-refractivity contribution is 0.648. The monoisotopic (exact) mass is 181 g/mol. The molecule has 0 aromatic heterocycles. The Bertz CT molecular complexity index is 209. The van der Waals surface area contributed by atoms with Crippen LogP contribution in [-0.2, 0) is 0 Å². The first-order chi connectivity index (χ1) is 5.91. The van der Waals surface area contributed by atoms with E-state index in [4.69, 9.17) is 0 Å². The third-order valence-electron chi connectivity index (χ3n) is 2.17. The van der Waals surface area contributed by atoms with E-state index >= 15 is 0 Å². The summed E-state index contributed by atoms with van der Waals surface area (Å²) in [6.07, 6.45) is 0. The third kappa shape index (κ3) is 3.25. The third-order valence-corrected chi connectivity index (χ3v) is 2.17. The summed E-state index contributed by atoms with van der Waals surface area (Å²) < 4.78 is 0. The molecular formula is C12H23N. The molecule has 1 nitrogen and oxygen atoms in total. The summed E-state index contributed by atoms with van der Waals surface area (Å²) in [6, 6.07) is 0. The Morgan fingerprint density at radius 2 is 1.54 bits per heavy atom. The lowest BCUT2D eigenvalue weighted by atomic mass is 9.91. The lowest BCUT2D eigenvalue weighted by Gasteiger charge is -2.21. The second kappa shape index (κ2) is 5.11. The molecule has 0 spiro atoms. The minimum atomic E-state index is 0.541. The largest absolute Gasteiger partial charge is 0.391 e. The Morgan fingerprint density at radius 3 is 1.62 bits per heavy atom. The van der Waals surface area contributed by atoms with E-state index in [-0.39, 0.29) is 0 Å². The average Bonchev–Trinajstić information content (AvgIpc) is 1.97. The van der Waals surface area contributed by atoms with Gasteiger partial charge in [0.15, 0.2) is 0 Å². The van der Waals surface area contributed by atoms with Gasteiger partial charge in [-0.2, -0.15) is 0 Å². The van der Waals surface area contributed by atoms with E-state index in [1.54, 1.807) is 0 Å². The van der Waals surface area contributed by atoms with Gasteiger partial charge < -0.3 is 5.32 Å². The molecule has 0 aliphatic carbocycles. The summed E-state index contributed by atoms with van der Waals surface area (Å²) in [6.45, 7) is 14.9. The normalized spacial score (nSPS) is 13.2. The van der Waals surface area contributed by atoms with Crippen LogP contribution in [0.1, 0.15) is 34.6 Å². The van der Waals surface area contributed by atoms with Crippen LogP contribution in [0, 0.1) is 11.8 Å². The summed E-state index contributed by atoms with van der Waals surface area (Å²) in [5, 5.41) is 3.28. The standard InChI is InChI=1S/C12H23N/c1-8(2)11(9(3)4)12(13-7)10(5)6/h9-10,13H,1H2,2-7H3/b12-11+. The summed E-state index contributed by atoms with van der Waals surface area (Å²) >= 11 is 0. The second-order valence-electron chi connectivity index (χ2n) is 4.17. The molecule has 13 heavy (non-hydrogen) atoms. The molecule has 0 aliphatic rings. The van der Waals surface area contributed by atoms with Gasteiger partial charge in [-0.25, -0.2) is 0 Å². The van der Waals surface area contributed by atoms with Crippen molar-refractivity contribution in [1.82, 2.24) is 5.32 Å². The van der Waals surface area contributed by atoms with Crippen molar-refractivity contribution < 1.29 is 0 Å². The van der Waals surface area contributed by atoms with E-state index in [1.165, 1.54) is 16.8 Å². The van der Waals surface area contributed by atoms with Crippen LogP contribution in [-0.4, -0.2) is 7.05 Å². The van der Waals surface area contributed by atoms with Gasteiger partial charge in [0.25, 0.3) is 0 Å². The number of rotatable bonds is 4. The van der Waals surface area contributed by atoms with Gasteiger partial charge in [-0.15, -0.1) is 0 Å². The van der Waals surface area contributed by atoms with E-state index in [0.29, 0.717) is 11.8 Å². The van der Waals surface area contributed by atoms with Gasteiger partial charge in [0, 0.05) is 12.7 Å². The highest BCUT2D eigenvalue weighted by Gasteiger charge is 2.12. The molecule has 0 aromatic rings. The molecule has 0 aromatic carbocycles. The molecule has 0 radical (unpaired) electrons. The molecule has 0 amide bonds. The topological polar surface area (TPSA) is 12.0 Å². The molecule has 0 bridgehead atoms. The number of nitrogens with one attached hydrogen (secondary N) is 1. The van der Waals surface area contributed by atoms with Crippen LogP contribution in [0.3, 0.4) is 0 Å². The number of hydrogen-bond acceptors (Lipinski definition) is 1. The zero-order chi connectivity index (χ0) is 10.6. The van der Waals surface area contributed by atoms with Crippen molar-refractivity contribution in [3.05, 3.63) is 23.4 Å². The van der Waals surface area contributed by atoms with Crippen molar-refractivity contribution in [3.63, 3.8) is 0 Å². The van der Waals surface area contributed by atoms with Crippen molar-refractivity contribution in [2.24, 2.45) is 11.8 Å². The molecule has 0 rings (SSSR count). The molecule has 0 fully saturated rings.